The van der Waals surface area contributed by atoms with Crippen LogP contribution < -0.4 is 10.6 Å². The molecule has 0 aliphatic carbocycles. The van der Waals surface area contributed by atoms with Gasteiger partial charge in [-0.05, 0) is 19.8 Å². The Bertz CT molecular complexity index is 426. The molecule has 120 valence electrons. The minimum absolute atomic E-state index is 0.880. The number of rotatable bonds is 9. The van der Waals surface area contributed by atoms with Gasteiger partial charge in [0, 0.05) is 31.4 Å². The van der Waals surface area contributed by atoms with Gasteiger partial charge < -0.3 is 10.6 Å². The zero-order valence-corrected chi connectivity index (χ0v) is 14.8. The van der Waals surface area contributed by atoms with Gasteiger partial charge in [-0.1, -0.05) is 33.1 Å². The molecule has 0 aliphatic rings. The number of aryl methyl sites for hydroxylation is 2. The molecular weight excluding hydrogens is 280 g/mol. The number of guanidine groups is 1. The van der Waals surface area contributed by atoms with Gasteiger partial charge >= 0.3 is 0 Å². The Balaban J connectivity index is 2.22. The number of nitrogens with zero attached hydrogens (tertiary/aromatic N) is 2. The number of aliphatic imine (C=N–C) groups is 1. The number of unbranched alkanes of at least 4 members (excludes halogenated alkanes) is 3. The maximum absolute atomic E-state index is 4.67. The van der Waals surface area contributed by atoms with Crippen molar-refractivity contribution >= 4 is 17.3 Å². The molecule has 0 spiro atoms. The molecule has 1 aromatic heterocycles. The molecule has 21 heavy (non-hydrogen) atoms. The minimum Gasteiger partial charge on any atom is -0.356 e. The first-order valence-corrected chi connectivity index (χ1v) is 8.92. The number of nitrogens with one attached hydrogen (secondary N) is 2. The van der Waals surface area contributed by atoms with E-state index in [4.69, 9.17) is 0 Å². The predicted octanol–water partition coefficient (Wildman–Crippen LogP) is 3.30. The third-order valence-electron chi connectivity index (χ3n) is 3.45. The third kappa shape index (κ3) is 6.93. The van der Waals surface area contributed by atoms with Crippen LogP contribution in [0.25, 0.3) is 0 Å². The van der Waals surface area contributed by atoms with Gasteiger partial charge in [0.2, 0.25) is 0 Å². The van der Waals surface area contributed by atoms with E-state index in [0.717, 1.165) is 31.9 Å². The van der Waals surface area contributed by atoms with Gasteiger partial charge in [0.25, 0.3) is 0 Å². The largest absolute Gasteiger partial charge is 0.356 e. The highest BCUT2D eigenvalue weighted by Crippen LogP contribution is 2.17. The van der Waals surface area contributed by atoms with Crippen molar-refractivity contribution in [2.45, 2.75) is 59.3 Å². The van der Waals surface area contributed by atoms with E-state index in [2.05, 4.69) is 41.4 Å². The minimum atomic E-state index is 0.880. The molecule has 0 radical (unpaired) electrons. The topological polar surface area (TPSA) is 49.3 Å². The summed E-state index contributed by atoms with van der Waals surface area (Å²) in [6.45, 7) is 8.43. The Morgan fingerprint density at radius 3 is 2.52 bits per heavy atom. The number of hydrogen-bond donors (Lipinski definition) is 2. The number of aromatic nitrogens is 1. The van der Waals surface area contributed by atoms with Gasteiger partial charge in [-0.15, -0.1) is 11.3 Å². The van der Waals surface area contributed by atoms with Crippen LogP contribution in [0.15, 0.2) is 4.99 Å². The van der Waals surface area contributed by atoms with Crippen LogP contribution in [-0.2, 0) is 12.8 Å². The summed E-state index contributed by atoms with van der Waals surface area (Å²) in [4.78, 5) is 10.3. The van der Waals surface area contributed by atoms with E-state index < -0.39 is 0 Å². The second-order valence-electron chi connectivity index (χ2n) is 5.20. The van der Waals surface area contributed by atoms with Crippen molar-refractivity contribution in [3.05, 3.63) is 15.6 Å². The highest BCUT2D eigenvalue weighted by molar-refractivity contribution is 7.11. The van der Waals surface area contributed by atoms with Crippen molar-refractivity contribution in [3.8, 4) is 0 Å². The first-order valence-electron chi connectivity index (χ1n) is 8.10. The lowest BCUT2D eigenvalue weighted by Gasteiger charge is -2.11. The lowest BCUT2D eigenvalue weighted by Crippen LogP contribution is -2.38. The van der Waals surface area contributed by atoms with Crippen LogP contribution >= 0.6 is 11.3 Å². The molecule has 5 heteroatoms. The SMILES string of the molecule is CCCCCCNC(=NC)NCCc1nc(CC)c(C)s1. The van der Waals surface area contributed by atoms with Crippen molar-refractivity contribution in [3.63, 3.8) is 0 Å². The molecule has 0 atom stereocenters. The Hall–Kier alpha value is -1.10. The van der Waals surface area contributed by atoms with Gasteiger partial charge in [0.1, 0.15) is 0 Å². The van der Waals surface area contributed by atoms with Gasteiger partial charge in [0.05, 0.1) is 10.7 Å². The van der Waals surface area contributed by atoms with E-state index in [1.165, 1.54) is 41.3 Å². The average Bonchev–Trinajstić information content (AvgIpc) is 2.85. The quantitative estimate of drug-likeness (QED) is 0.418. The molecule has 0 amide bonds. The van der Waals surface area contributed by atoms with Crippen molar-refractivity contribution in [2.24, 2.45) is 4.99 Å². The molecule has 1 rings (SSSR count). The molecule has 0 unspecified atom stereocenters. The Labute approximate surface area is 133 Å². The van der Waals surface area contributed by atoms with Gasteiger partial charge in [-0.2, -0.15) is 0 Å². The standard InChI is InChI=1S/C16H30N4S/c1-5-7-8-9-11-18-16(17-4)19-12-10-15-20-14(6-2)13(3)21-15/h5-12H2,1-4H3,(H2,17,18,19). The summed E-state index contributed by atoms with van der Waals surface area (Å²) in [6, 6.07) is 0. The van der Waals surface area contributed by atoms with Gasteiger partial charge in [-0.3, -0.25) is 4.99 Å². The maximum atomic E-state index is 4.67. The zero-order chi connectivity index (χ0) is 15.5. The van der Waals surface area contributed by atoms with Crippen LogP contribution in [0, 0.1) is 6.92 Å². The van der Waals surface area contributed by atoms with Crippen molar-refractivity contribution in [1.29, 1.82) is 0 Å². The molecule has 4 nitrogen and oxygen atoms in total. The Morgan fingerprint density at radius 1 is 1.14 bits per heavy atom. The summed E-state index contributed by atoms with van der Waals surface area (Å²) in [7, 11) is 1.82. The highest BCUT2D eigenvalue weighted by atomic mass is 32.1. The van der Waals surface area contributed by atoms with Crippen LogP contribution in [0.1, 0.15) is 55.1 Å². The summed E-state index contributed by atoms with van der Waals surface area (Å²) in [5.41, 5.74) is 1.24. The lowest BCUT2D eigenvalue weighted by molar-refractivity contribution is 0.647. The van der Waals surface area contributed by atoms with Gasteiger partial charge in [0.15, 0.2) is 5.96 Å². The fourth-order valence-electron chi connectivity index (χ4n) is 2.19. The average molecular weight is 311 g/mol. The van der Waals surface area contributed by atoms with E-state index in [9.17, 15) is 0 Å². The first-order chi connectivity index (χ1) is 10.2. The molecule has 2 N–H and O–H groups in total. The normalized spacial score (nSPS) is 11.7. The summed E-state index contributed by atoms with van der Waals surface area (Å²) < 4.78 is 0. The van der Waals surface area contributed by atoms with Crippen molar-refractivity contribution < 1.29 is 0 Å². The summed E-state index contributed by atoms with van der Waals surface area (Å²) >= 11 is 1.81. The molecule has 0 bridgehead atoms. The Kier molecular flexibility index (Phi) is 9.06. The van der Waals surface area contributed by atoms with Crippen molar-refractivity contribution in [2.75, 3.05) is 20.1 Å². The molecule has 0 saturated carbocycles. The molecule has 0 saturated heterocycles. The molecule has 1 heterocycles. The summed E-state index contributed by atoms with van der Waals surface area (Å²) in [5.74, 6) is 0.899. The first kappa shape index (κ1) is 18.0. The molecular formula is C16H30N4S. The summed E-state index contributed by atoms with van der Waals surface area (Å²) in [6.07, 6.45) is 7.08. The van der Waals surface area contributed by atoms with Crippen LogP contribution in [0.2, 0.25) is 0 Å². The van der Waals surface area contributed by atoms with E-state index in [0.29, 0.717) is 0 Å². The van der Waals surface area contributed by atoms with E-state index in [1.807, 2.05) is 18.4 Å². The fraction of sp³-hybridized carbons (Fsp3) is 0.750. The molecule has 1 aromatic rings. The smallest absolute Gasteiger partial charge is 0.190 e. The fourth-order valence-corrected chi connectivity index (χ4v) is 3.21. The Morgan fingerprint density at radius 2 is 1.90 bits per heavy atom. The van der Waals surface area contributed by atoms with Crippen LogP contribution in [0.5, 0.6) is 0 Å². The highest BCUT2D eigenvalue weighted by Gasteiger charge is 2.05. The summed E-state index contributed by atoms with van der Waals surface area (Å²) in [5, 5.41) is 7.94. The zero-order valence-electron chi connectivity index (χ0n) is 14.0. The third-order valence-corrected chi connectivity index (χ3v) is 4.52. The maximum Gasteiger partial charge on any atom is 0.190 e. The predicted molar refractivity (Wildman–Crippen MR) is 93.4 cm³/mol. The van der Waals surface area contributed by atoms with E-state index in [1.54, 1.807) is 0 Å². The molecule has 0 fully saturated rings. The second kappa shape index (κ2) is 10.6. The number of hydrogen-bond acceptors (Lipinski definition) is 3. The van der Waals surface area contributed by atoms with Crippen LogP contribution in [0.4, 0.5) is 0 Å². The number of thiazole rings is 1. The van der Waals surface area contributed by atoms with Gasteiger partial charge in [-0.25, -0.2) is 4.98 Å². The monoisotopic (exact) mass is 310 g/mol. The molecule has 0 aromatic carbocycles. The van der Waals surface area contributed by atoms with Crippen LogP contribution in [-0.4, -0.2) is 31.1 Å². The molecule has 0 aliphatic heterocycles. The lowest BCUT2D eigenvalue weighted by atomic mass is 10.2. The second-order valence-corrected chi connectivity index (χ2v) is 6.49. The van der Waals surface area contributed by atoms with E-state index >= 15 is 0 Å². The van der Waals surface area contributed by atoms with E-state index in [-0.39, 0.29) is 0 Å². The van der Waals surface area contributed by atoms with Crippen molar-refractivity contribution in [1.82, 2.24) is 15.6 Å². The van der Waals surface area contributed by atoms with Crippen LogP contribution in [0.3, 0.4) is 0 Å².